The van der Waals surface area contributed by atoms with Crippen LogP contribution in [-0.2, 0) is 6.42 Å². The average Bonchev–Trinajstić information content (AvgIpc) is 3.18. The lowest BCUT2D eigenvalue weighted by molar-refractivity contribution is 0.415. The van der Waals surface area contributed by atoms with Crippen LogP contribution in [0, 0.1) is 5.92 Å². The Balaban J connectivity index is 1.66. The van der Waals surface area contributed by atoms with Crippen LogP contribution in [0.15, 0.2) is 67.0 Å². The van der Waals surface area contributed by atoms with Gasteiger partial charge in [-0.15, -0.1) is 0 Å². The van der Waals surface area contributed by atoms with Crippen molar-refractivity contribution in [3.8, 4) is 11.4 Å². The molecule has 0 aliphatic rings. The second-order valence-corrected chi connectivity index (χ2v) is 7.36. The van der Waals surface area contributed by atoms with E-state index < -0.39 is 0 Å². The standard InChI is InChI=1S/C24H28N2O/c1-18(2)22-16-25-26(17-22)23-7-5-6-21(15-23)14-19(3)8-9-20-10-12-24(27-4)13-11-20/h5-13,15-19H,14H2,1-4H3/b9-8+. The van der Waals surface area contributed by atoms with Crippen LogP contribution in [0.3, 0.4) is 0 Å². The van der Waals surface area contributed by atoms with Crippen molar-refractivity contribution < 1.29 is 4.74 Å². The quantitative estimate of drug-likeness (QED) is 0.525. The Morgan fingerprint density at radius 1 is 1.07 bits per heavy atom. The summed E-state index contributed by atoms with van der Waals surface area (Å²) in [6.07, 6.45) is 9.52. The fourth-order valence-electron chi connectivity index (χ4n) is 3.03. The lowest BCUT2D eigenvalue weighted by atomic mass is 9.99. The molecule has 0 spiro atoms. The first-order valence-electron chi connectivity index (χ1n) is 9.51. The van der Waals surface area contributed by atoms with Gasteiger partial charge in [0, 0.05) is 6.20 Å². The number of rotatable bonds is 7. The molecule has 0 radical (unpaired) electrons. The number of ether oxygens (including phenoxy) is 1. The third-order valence-electron chi connectivity index (χ3n) is 4.74. The van der Waals surface area contributed by atoms with Gasteiger partial charge >= 0.3 is 0 Å². The van der Waals surface area contributed by atoms with Crippen molar-refractivity contribution in [2.24, 2.45) is 5.92 Å². The molecule has 0 saturated carbocycles. The van der Waals surface area contributed by atoms with Gasteiger partial charge in [-0.05, 0) is 59.2 Å². The Morgan fingerprint density at radius 2 is 1.85 bits per heavy atom. The van der Waals surface area contributed by atoms with E-state index >= 15 is 0 Å². The van der Waals surface area contributed by atoms with E-state index in [0.717, 1.165) is 17.9 Å². The van der Waals surface area contributed by atoms with Gasteiger partial charge in [-0.3, -0.25) is 0 Å². The maximum atomic E-state index is 5.20. The summed E-state index contributed by atoms with van der Waals surface area (Å²) in [6.45, 7) is 6.63. The highest BCUT2D eigenvalue weighted by molar-refractivity contribution is 5.51. The molecule has 140 valence electrons. The van der Waals surface area contributed by atoms with Gasteiger partial charge in [-0.1, -0.05) is 57.2 Å². The van der Waals surface area contributed by atoms with Crippen LogP contribution in [0.5, 0.6) is 5.75 Å². The van der Waals surface area contributed by atoms with E-state index in [-0.39, 0.29) is 0 Å². The number of hydrogen-bond acceptors (Lipinski definition) is 2. The first-order chi connectivity index (χ1) is 13.0. The molecule has 0 bridgehead atoms. The van der Waals surface area contributed by atoms with E-state index in [0.29, 0.717) is 11.8 Å². The number of aromatic nitrogens is 2. The molecule has 27 heavy (non-hydrogen) atoms. The Hall–Kier alpha value is -2.81. The van der Waals surface area contributed by atoms with Crippen molar-refractivity contribution in [2.75, 3.05) is 7.11 Å². The average molecular weight is 361 g/mol. The summed E-state index contributed by atoms with van der Waals surface area (Å²) in [4.78, 5) is 0. The first-order valence-corrected chi connectivity index (χ1v) is 9.51. The zero-order valence-electron chi connectivity index (χ0n) is 16.6. The molecule has 1 atom stereocenters. The first kappa shape index (κ1) is 19.0. The summed E-state index contributed by atoms with van der Waals surface area (Å²) in [5, 5.41) is 4.51. The molecule has 1 aromatic heterocycles. The fourth-order valence-corrected chi connectivity index (χ4v) is 3.03. The van der Waals surface area contributed by atoms with Gasteiger partial charge < -0.3 is 4.74 Å². The number of nitrogens with zero attached hydrogens (tertiary/aromatic N) is 2. The zero-order valence-corrected chi connectivity index (χ0v) is 16.6. The summed E-state index contributed by atoms with van der Waals surface area (Å²) < 4.78 is 7.17. The van der Waals surface area contributed by atoms with Crippen LogP contribution in [0.4, 0.5) is 0 Å². The van der Waals surface area contributed by atoms with Gasteiger partial charge in [-0.2, -0.15) is 5.10 Å². The highest BCUT2D eigenvalue weighted by Gasteiger charge is 2.06. The van der Waals surface area contributed by atoms with Crippen LogP contribution in [-0.4, -0.2) is 16.9 Å². The Kier molecular flexibility index (Phi) is 6.12. The molecule has 1 heterocycles. The number of methoxy groups -OCH3 is 1. The second kappa shape index (κ2) is 8.72. The topological polar surface area (TPSA) is 27.1 Å². The monoisotopic (exact) mass is 360 g/mol. The van der Waals surface area contributed by atoms with Crippen molar-refractivity contribution >= 4 is 6.08 Å². The molecule has 3 aromatic rings. The number of hydrogen-bond donors (Lipinski definition) is 0. The van der Waals surface area contributed by atoms with E-state index in [1.54, 1.807) is 7.11 Å². The SMILES string of the molecule is COc1ccc(/C=C/C(C)Cc2cccc(-n3cc(C(C)C)cn3)c2)cc1. The predicted octanol–water partition coefficient (Wildman–Crippen LogP) is 5.90. The van der Waals surface area contributed by atoms with Crippen molar-refractivity contribution in [1.82, 2.24) is 9.78 Å². The van der Waals surface area contributed by atoms with Crippen molar-refractivity contribution in [3.05, 3.63) is 83.7 Å². The summed E-state index contributed by atoms with van der Waals surface area (Å²) in [7, 11) is 1.69. The normalized spacial score (nSPS) is 12.6. The second-order valence-electron chi connectivity index (χ2n) is 7.36. The van der Waals surface area contributed by atoms with Crippen molar-refractivity contribution in [2.45, 2.75) is 33.1 Å². The third-order valence-corrected chi connectivity index (χ3v) is 4.74. The predicted molar refractivity (Wildman–Crippen MR) is 113 cm³/mol. The van der Waals surface area contributed by atoms with E-state index in [2.05, 4.69) is 80.6 Å². The van der Waals surface area contributed by atoms with E-state index in [4.69, 9.17) is 4.74 Å². The molecular formula is C24H28N2O. The molecule has 0 aliphatic carbocycles. The van der Waals surface area contributed by atoms with Crippen molar-refractivity contribution in [1.29, 1.82) is 0 Å². The molecule has 0 fully saturated rings. The van der Waals surface area contributed by atoms with Gasteiger partial charge in [0.25, 0.3) is 0 Å². The van der Waals surface area contributed by atoms with Crippen LogP contribution in [0.2, 0.25) is 0 Å². The summed E-state index contributed by atoms with van der Waals surface area (Å²) in [6, 6.07) is 16.8. The largest absolute Gasteiger partial charge is 0.497 e. The van der Waals surface area contributed by atoms with E-state index in [1.165, 1.54) is 16.7 Å². The minimum absolute atomic E-state index is 0.450. The molecule has 3 nitrogen and oxygen atoms in total. The Labute approximate surface area is 162 Å². The van der Waals surface area contributed by atoms with Gasteiger partial charge in [0.05, 0.1) is 19.0 Å². The molecule has 1 unspecified atom stereocenters. The zero-order chi connectivity index (χ0) is 19.2. The molecule has 0 amide bonds. The molecular weight excluding hydrogens is 332 g/mol. The lowest BCUT2D eigenvalue weighted by Gasteiger charge is -2.09. The van der Waals surface area contributed by atoms with Crippen molar-refractivity contribution in [3.63, 3.8) is 0 Å². The van der Waals surface area contributed by atoms with Crippen LogP contribution in [0.1, 0.15) is 43.4 Å². The molecule has 3 heteroatoms. The molecule has 0 aliphatic heterocycles. The molecule has 3 rings (SSSR count). The van der Waals surface area contributed by atoms with Gasteiger partial charge in [0.1, 0.15) is 5.75 Å². The highest BCUT2D eigenvalue weighted by Crippen LogP contribution is 2.19. The fraction of sp³-hybridized carbons (Fsp3) is 0.292. The molecule has 0 saturated heterocycles. The summed E-state index contributed by atoms with van der Waals surface area (Å²) in [5.41, 5.74) is 4.89. The van der Waals surface area contributed by atoms with Gasteiger partial charge in [-0.25, -0.2) is 4.68 Å². The minimum Gasteiger partial charge on any atom is -0.497 e. The van der Waals surface area contributed by atoms with Crippen LogP contribution in [0.25, 0.3) is 11.8 Å². The Bertz CT molecular complexity index is 891. The van der Waals surface area contributed by atoms with Gasteiger partial charge in [0.2, 0.25) is 0 Å². The molecule has 2 aromatic carbocycles. The highest BCUT2D eigenvalue weighted by atomic mass is 16.5. The third kappa shape index (κ3) is 5.10. The van der Waals surface area contributed by atoms with Crippen LogP contribution >= 0.6 is 0 Å². The van der Waals surface area contributed by atoms with E-state index in [1.807, 2.05) is 23.0 Å². The van der Waals surface area contributed by atoms with Gasteiger partial charge in [0.15, 0.2) is 0 Å². The van der Waals surface area contributed by atoms with E-state index in [9.17, 15) is 0 Å². The Morgan fingerprint density at radius 3 is 2.52 bits per heavy atom. The number of benzene rings is 2. The molecule has 0 N–H and O–H groups in total. The maximum absolute atomic E-state index is 5.20. The summed E-state index contributed by atoms with van der Waals surface area (Å²) in [5.74, 6) is 1.83. The van der Waals surface area contributed by atoms with Crippen LogP contribution < -0.4 is 4.74 Å². The number of allylic oxidation sites excluding steroid dienone is 1. The maximum Gasteiger partial charge on any atom is 0.118 e. The lowest BCUT2D eigenvalue weighted by Crippen LogP contribution is -1.99. The summed E-state index contributed by atoms with van der Waals surface area (Å²) >= 11 is 0. The minimum atomic E-state index is 0.450. The smallest absolute Gasteiger partial charge is 0.118 e.